The zero-order valence-electron chi connectivity index (χ0n) is 15.7. The van der Waals surface area contributed by atoms with Gasteiger partial charge in [0.05, 0.1) is 6.61 Å². The van der Waals surface area contributed by atoms with Gasteiger partial charge in [0.15, 0.2) is 11.5 Å². The topological polar surface area (TPSA) is 43.4 Å². The van der Waals surface area contributed by atoms with Gasteiger partial charge in [0.2, 0.25) is 0 Å². The Balaban J connectivity index is 0.00000280. The molecule has 1 aromatic heterocycles. The van der Waals surface area contributed by atoms with E-state index in [9.17, 15) is 4.39 Å². The summed E-state index contributed by atoms with van der Waals surface area (Å²) < 4.78 is 25.6. The molecule has 0 radical (unpaired) electrons. The van der Waals surface area contributed by atoms with Gasteiger partial charge in [-0.3, -0.25) is 4.98 Å². The largest absolute Gasteiger partial charge is 0.490 e. The predicted octanol–water partition coefficient (Wildman–Crippen LogP) is 4.91. The second-order valence-electron chi connectivity index (χ2n) is 6.02. The fourth-order valence-corrected chi connectivity index (χ4v) is 2.74. The monoisotopic (exact) mass is 402 g/mol. The van der Waals surface area contributed by atoms with Gasteiger partial charge >= 0.3 is 0 Å². The number of aromatic nitrogens is 1. The second-order valence-corrected chi connectivity index (χ2v) is 6.02. The van der Waals surface area contributed by atoms with Crippen molar-refractivity contribution >= 4 is 12.4 Å². The van der Waals surface area contributed by atoms with Gasteiger partial charge in [0, 0.05) is 36.6 Å². The van der Waals surface area contributed by atoms with Crippen LogP contribution in [0.2, 0.25) is 0 Å². The molecule has 2 aromatic carbocycles. The highest BCUT2D eigenvalue weighted by Crippen LogP contribution is 2.32. The number of halogens is 2. The molecule has 28 heavy (non-hydrogen) atoms. The lowest BCUT2D eigenvalue weighted by molar-refractivity contribution is 0.262. The molecule has 0 atom stereocenters. The zero-order chi connectivity index (χ0) is 18.9. The lowest BCUT2D eigenvalue weighted by atomic mass is 10.1. The van der Waals surface area contributed by atoms with Crippen LogP contribution >= 0.6 is 12.4 Å². The molecule has 1 heterocycles. The Kier molecular flexibility index (Phi) is 8.72. The van der Waals surface area contributed by atoms with Crippen LogP contribution in [0.15, 0.2) is 67.0 Å². The van der Waals surface area contributed by atoms with E-state index in [1.807, 2.05) is 43.5 Å². The Morgan fingerprint density at radius 3 is 2.50 bits per heavy atom. The lowest BCUT2D eigenvalue weighted by Crippen LogP contribution is -2.14. The van der Waals surface area contributed by atoms with E-state index in [2.05, 4.69) is 10.3 Å². The highest BCUT2D eigenvalue weighted by molar-refractivity contribution is 5.85. The molecule has 3 aromatic rings. The first-order valence-corrected chi connectivity index (χ1v) is 8.98. The molecule has 4 nitrogen and oxygen atoms in total. The summed E-state index contributed by atoms with van der Waals surface area (Å²) in [6.45, 7) is 3.89. The summed E-state index contributed by atoms with van der Waals surface area (Å²) in [6.07, 6.45) is 3.59. The van der Waals surface area contributed by atoms with Crippen molar-refractivity contribution in [3.63, 3.8) is 0 Å². The van der Waals surface area contributed by atoms with E-state index in [-0.39, 0.29) is 24.8 Å². The summed E-state index contributed by atoms with van der Waals surface area (Å²) in [7, 11) is 0. The number of ether oxygens (including phenoxy) is 2. The van der Waals surface area contributed by atoms with Crippen LogP contribution in [0, 0.1) is 5.82 Å². The van der Waals surface area contributed by atoms with E-state index in [4.69, 9.17) is 9.47 Å². The van der Waals surface area contributed by atoms with E-state index >= 15 is 0 Å². The maximum atomic E-state index is 13.9. The molecule has 0 amide bonds. The molecule has 1 N–H and O–H groups in total. The Hall–Kier alpha value is -2.63. The molecular weight excluding hydrogens is 379 g/mol. The number of hydrogen-bond donors (Lipinski definition) is 1. The fraction of sp³-hybridized carbons (Fsp3) is 0.227. The van der Waals surface area contributed by atoms with E-state index in [1.54, 1.807) is 24.4 Å². The van der Waals surface area contributed by atoms with Crippen molar-refractivity contribution in [2.24, 2.45) is 0 Å². The Morgan fingerprint density at radius 2 is 1.75 bits per heavy atom. The van der Waals surface area contributed by atoms with Crippen molar-refractivity contribution in [3.05, 3.63) is 89.5 Å². The molecule has 148 valence electrons. The summed E-state index contributed by atoms with van der Waals surface area (Å²) in [6, 6.07) is 16.3. The highest BCUT2D eigenvalue weighted by atomic mass is 35.5. The molecule has 0 aliphatic rings. The minimum atomic E-state index is -0.275. The molecule has 6 heteroatoms. The molecule has 0 aliphatic heterocycles. The molecular formula is C22H24ClFN2O2. The van der Waals surface area contributed by atoms with Crippen molar-refractivity contribution in [2.75, 3.05) is 6.61 Å². The first-order chi connectivity index (χ1) is 13.3. The normalized spacial score (nSPS) is 10.2. The Labute approximate surface area is 171 Å². The van der Waals surface area contributed by atoms with Gasteiger partial charge in [-0.05, 0) is 30.7 Å². The quantitative estimate of drug-likeness (QED) is 0.552. The first kappa shape index (κ1) is 21.7. The number of hydrogen-bond acceptors (Lipinski definition) is 4. The van der Waals surface area contributed by atoms with Crippen LogP contribution in [0.5, 0.6) is 11.5 Å². The number of nitrogens with one attached hydrogen (secondary N) is 1. The number of benzene rings is 2. The number of pyridine rings is 1. The minimum absolute atomic E-state index is 0. The second kappa shape index (κ2) is 11.3. The van der Waals surface area contributed by atoms with Gasteiger partial charge in [0.1, 0.15) is 12.4 Å². The molecule has 0 fully saturated rings. The molecule has 0 saturated heterocycles. The fourth-order valence-electron chi connectivity index (χ4n) is 2.74. The van der Waals surface area contributed by atoms with Gasteiger partial charge in [-0.2, -0.15) is 0 Å². The van der Waals surface area contributed by atoms with E-state index in [0.717, 1.165) is 11.1 Å². The van der Waals surface area contributed by atoms with Crippen LogP contribution in [-0.2, 0) is 19.7 Å². The van der Waals surface area contributed by atoms with Crippen molar-refractivity contribution in [1.29, 1.82) is 0 Å². The zero-order valence-corrected chi connectivity index (χ0v) is 16.5. The van der Waals surface area contributed by atoms with Gasteiger partial charge in [0.25, 0.3) is 0 Å². The van der Waals surface area contributed by atoms with Crippen LogP contribution in [0.1, 0.15) is 23.6 Å². The molecule has 0 aliphatic carbocycles. The van der Waals surface area contributed by atoms with Crippen LogP contribution < -0.4 is 14.8 Å². The summed E-state index contributed by atoms with van der Waals surface area (Å²) in [5.41, 5.74) is 2.58. The smallest absolute Gasteiger partial charge is 0.166 e. The van der Waals surface area contributed by atoms with Crippen molar-refractivity contribution in [1.82, 2.24) is 10.3 Å². The lowest BCUT2D eigenvalue weighted by Gasteiger charge is -2.17. The van der Waals surface area contributed by atoms with Crippen LogP contribution in [-0.4, -0.2) is 11.6 Å². The summed E-state index contributed by atoms with van der Waals surface area (Å²) >= 11 is 0. The third-order valence-corrected chi connectivity index (χ3v) is 4.06. The number of rotatable bonds is 9. The summed E-state index contributed by atoms with van der Waals surface area (Å²) in [4.78, 5) is 4.12. The predicted molar refractivity (Wildman–Crippen MR) is 110 cm³/mol. The van der Waals surface area contributed by atoms with Crippen molar-refractivity contribution in [2.45, 2.75) is 26.6 Å². The van der Waals surface area contributed by atoms with Crippen LogP contribution in [0.25, 0.3) is 0 Å². The molecule has 0 unspecified atom stereocenters. The average Bonchev–Trinajstić information content (AvgIpc) is 2.70. The summed E-state index contributed by atoms with van der Waals surface area (Å²) in [5.74, 6) is 1.03. The number of para-hydroxylation sites is 1. The molecule has 0 saturated carbocycles. The van der Waals surface area contributed by atoms with Gasteiger partial charge in [-0.15, -0.1) is 12.4 Å². The maximum Gasteiger partial charge on any atom is 0.166 e. The molecule has 3 rings (SSSR count). The molecule has 0 bridgehead atoms. The van der Waals surface area contributed by atoms with Gasteiger partial charge in [-0.25, -0.2) is 4.39 Å². The van der Waals surface area contributed by atoms with Crippen molar-refractivity contribution < 1.29 is 13.9 Å². The van der Waals surface area contributed by atoms with E-state index in [1.165, 1.54) is 6.07 Å². The van der Waals surface area contributed by atoms with Crippen molar-refractivity contribution in [3.8, 4) is 11.5 Å². The SMILES string of the molecule is CCOc1cccc(CNCc2cccnc2)c1OCc1ccccc1F.Cl. The minimum Gasteiger partial charge on any atom is -0.490 e. The van der Waals surface area contributed by atoms with Crippen LogP contribution in [0.3, 0.4) is 0 Å². The maximum absolute atomic E-state index is 13.9. The number of nitrogens with zero attached hydrogens (tertiary/aromatic N) is 1. The molecule has 0 spiro atoms. The Bertz CT molecular complexity index is 862. The average molecular weight is 403 g/mol. The Morgan fingerprint density at radius 1 is 0.929 bits per heavy atom. The highest BCUT2D eigenvalue weighted by Gasteiger charge is 2.12. The van der Waals surface area contributed by atoms with Gasteiger partial charge < -0.3 is 14.8 Å². The van der Waals surface area contributed by atoms with E-state index in [0.29, 0.717) is 36.8 Å². The standard InChI is InChI=1S/C22H23FN2O2.ClH/c1-2-26-21-11-5-9-18(15-25-14-17-7-6-12-24-13-17)22(21)27-16-19-8-3-4-10-20(19)23;/h3-13,25H,2,14-16H2,1H3;1H. The first-order valence-electron chi connectivity index (χ1n) is 8.98. The third-order valence-electron chi connectivity index (χ3n) is 4.06. The summed E-state index contributed by atoms with van der Waals surface area (Å²) in [5, 5.41) is 3.39. The third kappa shape index (κ3) is 5.94. The van der Waals surface area contributed by atoms with Crippen LogP contribution in [0.4, 0.5) is 4.39 Å². The van der Waals surface area contributed by atoms with Gasteiger partial charge in [-0.1, -0.05) is 36.4 Å². The van der Waals surface area contributed by atoms with E-state index < -0.39 is 0 Å².